The van der Waals surface area contributed by atoms with Gasteiger partial charge in [-0.25, -0.2) is 0 Å². The summed E-state index contributed by atoms with van der Waals surface area (Å²) in [6, 6.07) is 22.8. The summed E-state index contributed by atoms with van der Waals surface area (Å²) in [6.45, 7) is 0.821. The summed E-state index contributed by atoms with van der Waals surface area (Å²) in [5.74, 6) is 1.35. The van der Waals surface area contributed by atoms with E-state index in [9.17, 15) is 4.79 Å². The lowest BCUT2D eigenvalue weighted by molar-refractivity contribution is 0.102. The Kier molecular flexibility index (Phi) is 6.52. The molecule has 5 heteroatoms. The first kappa shape index (κ1) is 19.3. The van der Waals surface area contributed by atoms with Gasteiger partial charge in [0, 0.05) is 23.5 Å². The number of ether oxygens (including phenoxy) is 2. The van der Waals surface area contributed by atoms with E-state index in [1.165, 1.54) is 5.56 Å². The predicted molar refractivity (Wildman–Crippen MR) is 113 cm³/mol. The molecule has 3 aromatic rings. The van der Waals surface area contributed by atoms with Crippen LogP contribution in [-0.4, -0.2) is 26.7 Å². The average molecular weight is 376 g/mol. The molecule has 0 aliphatic carbocycles. The van der Waals surface area contributed by atoms with E-state index in [1.54, 1.807) is 32.4 Å². The average Bonchev–Trinajstić information content (AvgIpc) is 2.75. The molecule has 0 unspecified atom stereocenters. The standard InChI is InChI=1S/C23H24N2O3/c1-27-21-12-6-17(7-13-21)14-15-24-19-8-10-20(11-9-19)25-23(26)18-4-3-5-22(16-18)28-2/h3-13,16,24H,14-15H2,1-2H3,(H,25,26). The Hall–Kier alpha value is -3.47. The highest BCUT2D eigenvalue weighted by molar-refractivity contribution is 6.04. The Morgan fingerprint density at radius 3 is 2.18 bits per heavy atom. The fraction of sp³-hybridized carbons (Fsp3) is 0.174. The highest BCUT2D eigenvalue weighted by Crippen LogP contribution is 2.17. The normalized spacial score (nSPS) is 10.2. The van der Waals surface area contributed by atoms with E-state index in [1.807, 2.05) is 42.5 Å². The summed E-state index contributed by atoms with van der Waals surface area (Å²) in [5.41, 5.74) is 3.55. The molecule has 28 heavy (non-hydrogen) atoms. The molecule has 0 heterocycles. The molecule has 1 amide bonds. The summed E-state index contributed by atoms with van der Waals surface area (Å²) < 4.78 is 10.3. The largest absolute Gasteiger partial charge is 0.497 e. The first-order valence-corrected chi connectivity index (χ1v) is 9.10. The van der Waals surface area contributed by atoms with Crippen LogP contribution in [0.1, 0.15) is 15.9 Å². The number of nitrogens with one attached hydrogen (secondary N) is 2. The zero-order valence-corrected chi connectivity index (χ0v) is 16.1. The van der Waals surface area contributed by atoms with Crippen LogP contribution in [0.15, 0.2) is 72.8 Å². The van der Waals surface area contributed by atoms with Crippen LogP contribution in [0.25, 0.3) is 0 Å². The molecule has 0 fully saturated rings. The lowest BCUT2D eigenvalue weighted by Crippen LogP contribution is -2.12. The lowest BCUT2D eigenvalue weighted by atomic mass is 10.1. The minimum atomic E-state index is -0.167. The molecule has 5 nitrogen and oxygen atoms in total. The number of hydrogen-bond acceptors (Lipinski definition) is 4. The molecule has 0 radical (unpaired) electrons. The van der Waals surface area contributed by atoms with E-state index < -0.39 is 0 Å². The van der Waals surface area contributed by atoms with Crippen LogP contribution < -0.4 is 20.1 Å². The molecular formula is C23H24N2O3. The Bertz CT molecular complexity index is 906. The Morgan fingerprint density at radius 2 is 1.50 bits per heavy atom. The van der Waals surface area contributed by atoms with Gasteiger partial charge in [-0.15, -0.1) is 0 Å². The van der Waals surface area contributed by atoms with Crippen molar-refractivity contribution in [1.29, 1.82) is 0 Å². The topological polar surface area (TPSA) is 59.6 Å². The summed E-state index contributed by atoms with van der Waals surface area (Å²) in [6.07, 6.45) is 0.915. The fourth-order valence-corrected chi connectivity index (χ4v) is 2.78. The number of amides is 1. The smallest absolute Gasteiger partial charge is 0.255 e. The number of rotatable bonds is 8. The molecular weight excluding hydrogens is 352 g/mol. The molecule has 3 aromatic carbocycles. The predicted octanol–water partition coefficient (Wildman–Crippen LogP) is 4.61. The van der Waals surface area contributed by atoms with Gasteiger partial charge in [0.25, 0.3) is 5.91 Å². The van der Waals surface area contributed by atoms with Crippen molar-refractivity contribution in [1.82, 2.24) is 0 Å². The monoisotopic (exact) mass is 376 g/mol. The highest BCUT2D eigenvalue weighted by Gasteiger charge is 2.07. The van der Waals surface area contributed by atoms with E-state index in [0.29, 0.717) is 11.3 Å². The van der Waals surface area contributed by atoms with Gasteiger partial charge < -0.3 is 20.1 Å². The molecule has 0 saturated carbocycles. The fourth-order valence-electron chi connectivity index (χ4n) is 2.78. The van der Waals surface area contributed by atoms with Crippen molar-refractivity contribution in [2.24, 2.45) is 0 Å². The van der Waals surface area contributed by atoms with Gasteiger partial charge >= 0.3 is 0 Å². The zero-order valence-electron chi connectivity index (χ0n) is 16.1. The molecule has 0 saturated heterocycles. The summed E-state index contributed by atoms with van der Waals surface area (Å²) >= 11 is 0. The van der Waals surface area contributed by atoms with E-state index in [4.69, 9.17) is 9.47 Å². The van der Waals surface area contributed by atoms with Crippen LogP contribution in [0.5, 0.6) is 11.5 Å². The zero-order chi connectivity index (χ0) is 19.8. The van der Waals surface area contributed by atoms with E-state index >= 15 is 0 Å². The number of methoxy groups -OCH3 is 2. The molecule has 2 N–H and O–H groups in total. The Morgan fingerprint density at radius 1 is 0.821 bits per heavy atom. The van der Waals surface area contributed by atoms with Crippen molar-refractivity contribution in [3.8, 4) is 11.5 Å². The van der Waals surface area contributed by atoms with Gasteiger partial charge in [-0.2, -0.15) is 0 Å². The third-order valence-electron chi connectivity index (χ3n) is 4.38. The van der Waals surface area contributed by atoms with Crippen molar-refractivity contribution in [3.63, 3.8) is 0 Å². The van der Waals surface area contributed by atoms with Gasteiger partial charge in [0.1, 0.15) is 11.5 Å². The maximum absolute atomic E-state index is 12.4. The van der Waals surface area contributed by atoms with Crippen LogP contribution in [-0.2, 0) is 6.42 Å². The van der Waals surface area contributed by atoms with Crippen LogP contribution in [0.4, 0.5) is 11.4 Å². The molecule has 3 rings (SSSR count). The Balaban J connectivity index is 1.50. The third-order valence-corrected chi connectivity index (χ3v) is 4.38. The summed E-state index contributed by atoms with van der Waals surface area (Å²) in [5, 5.41) is 6.28. The number of anilines is 2. The Labute approximate surface area is 165 Å². The van der Waals surface area contributed by atoms with Gasteiger partial charge in [0.2, 0.25) is 0 Å². The number of carbonyl (C=O) groups is 1. The number of benzene rings is 3. The van der Waals surface area contributed by atoms with E-state index in [2.05, 4.69) is 22.8 Å². The van der Waals surface area contributed by atoms with E-state index in [-0.39, 0.29) is 5.91 Å². The highest BCUT2D eigenvalue weighted by atomic mass is 16.5. The van der Waals surface area contributed by atoms with Crippen molar-refractivity contribution in [2.45, 2.75) is 6.42 Å². The van der Waals surface area contributed by atoms with Gasteiger partial charge in [0.05, 0.1) is 14.2 Å². The SMILES string of the molecule is COc1ccc(CCNc2ccc(NC(=O)c3cccc(OC)c3)cc2)cc1. The maximum Gasteiger partial charge on any atom is 0.255 e. The quantitative estimate of drug-likeness (QED) is 0.603. The molecule has 0 spiro atoms. The molecule has 0 aliphatic rings. The minimum Gasteiger partial charge on any atom is -0.497 e. The summed E-state index contributed by atoms with van der Waals surface area (Å²) in [4.78, 5) is 12.4. The van der Waals surface area contributed by atoms with Crippen LogP contribution >= 0.6 is 0 Å². The molecule has 0 aromatic heterocycles. The second-order valence-corrected chi connectivity index (χ2v) is 6.29. The van der Waals surface area contributed by atoms with Crippen molar-refractivity contribution in [2.75, 3.05) is 31.4 Å². The minimum absolute atomic E-state index is 0.167. The van der Waals surface area contributed by atoms with Crippen LogP contribution in [0.3, 0.4) is 0 Å². The number of carbonyl (C=O) groups excluding carboxylic acids is 1. The second-order valence-electron chi connectivity index (χ2n) is 6.29. The van der Waals surface area contributed by atoms with Crippen LogP contribution in [0, 0.1) is 0 Å². The van der Waals surface area contributed by atoms with E-state index in [0.717, 1.165) is 30.1 Å². The molecule has 0 atom stereocenters. The first-order chi connectivity index (χ1) is 13.7. The molecule has 144 valence electrons. The van der Waals surface area contributed by atoms with Crippen molar-refractivity contribution in [3.05, 3.63) is 83.9 Å². The van der Waals surface area contributed by atoms with Gasteiger partial charge in [-0.05, 0) is 66.6 Å². The van der Waals surface area contributed by atoms with Crippen LogP contribution in [0.2, 0.25) is 0 Å². The van der Waals surface area contributed by atoms with Gasteiger partial charge in [0.15, 0.2) is 0 Å². The molecule has 0 aliphatic heterocycles. The first-order valence-electron chi connectivity index (χ1n) is 9.10. The van der Waals surface area contributed by atoms with Crippen molar-refractivity contribution >= 4 is 17.3 Å². The summed E-state index contributed by atoms with van der Waals surface area (Å²) in [7, 11) is 3.25. The van der Waals surface area contributed by atoms with Gasteiger partial charge in [-0.1, -0.05) is 18.2 Å². The number of hydrogen-bond donors (Lipinski definition) is 2. The maximum atomic E-state index is 12.4. The second kappa shape index (κ2) is 9.46. The molecule has 0 bridgehead atoms. The van der Waals surface area contributed by atoms with Gasteiger partial charge in [-0.3, -0.25) is 4.79 Å². The van der Waals surface area contributed by atoms with Crippen molar-refractivity contribution < 1.29 is 14.3 Å². The lowest BCUT2D eigenvalue weighted by Gasteiger charge is -2.10. The third kappa shape index (κ3) is 5.27.